The number of hydrogen-bond donors (Lipinski definition) is 1. The smallest absolute Gasteiger partial charge is 0.264 e. The zero-order valence-electron chi connectivity index (χ0n) is 15.0. The molecule has 0 fully saturated rings. The Morgan fingerprint density at radius 1 is 1.25 bits per heavy atom. The summed E-state index contributed by atoms with van der Waals surface area (Å²) in [6.07, 6.45) is 0.249. The number of carbonyl (C=O) groups is 2. The van der Waals surface area contributed by atoms with Crippen LogP contribution < -0.4 is 9.64 Å². The topological polar surface area (TPSA) is 66.8 Å². The molecule has 3 rings (SSSR count). The average molecular weight is 487 g/mol. The Labute approximate surface area is 181 Å². The van der Waals surface area contributed by atoms with E-state index in [-0.39, 0.29) is 12.2 Å². The lowest BCUT2D eigenvalue weighted by Gasteiger charge is -2.22. The van der Waals surface area contributed by atoms with Gasteiger partial charge in [0.1, 0.15) is 11.5 Å². The largest absolute Gasteiger partial charge is 0.492 e. The van der Waals surface area contributed by atoms with Crippen LogP contribution >= 0.6 is 39.1 Å². The van der Waals surface area contributed by atoms with E-state index in [0.717, 1.165) is 4.47 Å². The summed E-state index contributed by atoms with van der Waals surface area (Å²) in [6, 6.07) is 10.2. The summed E-state index contributed by atoms with van der Waals surface area (Å²) >= 11 is 15.3. The quantitative estimate of drug-likeness (QED) is 0.574. The van der Waals surface area contributed by atoms with Gasteiger partial charge in [0.25, 0.3) is 5.91 Å². The Balaban J connectivity index is 1.72. The number of amides is 1. The van der Waals surface area contributed by atoms with Crippen LogP contribution in [-0.4, -0.2) is 29.9 Å². The Morgan fingerprint density at radius 2 is 2.00 bits per heavy atom. The fourth-order valence-corrected chi connectivity index (χ4v) is 4.10. The lowest BCUT2D eigenvalue weighted by Crippen LogP contribution is -2.42. The second-order valence-electron chi connectivity index (χ2n) is 6.63. The molecule has 5 nitrogen and oxygen atoms in total. The SMILES string of the molecule is CC(=O)CC1(O)C(=O)N(CCCOc2ccc(Cl)cc2Cl)c2ccc(Br)cc21. The number of ketones is 1. The third kappa shape index (κ3) is 4.20. The molecule has 0 aliphatic carbocycles. The molecule has 0 aromatic heterocycles. The minimum Gasteiger partial charge on any atom is -0.492 e. The fourth-order valence-electron chi connectivity index (χ4n) is 3.27. The van der Waals surface area contributed by atoms with E-state index < -0.39 is 11.5 Å². The Morgan fingerprint density at radius 3 is 2.68 bits per heavy atom. The number of carbonyl (C=O) groups excluding carboxylic acids is 2. The number of ether oxygens (including phenoxy) is 1. The highest BCUT2D eigenvalue weighted by Crippen LogP contribution is 2.43. The van der Waals surface area contributed by atoms with Gasteiger partial charge in [-0.1, -0.05) is 39.1 Å². The summed E-state index contributed by atoms with van der Waals surface area (Å²) in [7, 11) is 0. The highest BCUT2D eigenvalue weighted by atomic mass is 79.9. The highest BCUT2D eigenvalue weighted by molar-refractivity contribution is 9.10. The third-order valence-corrected chi connectivity index (χ3v) is 5.50. The number of hydrogen-bond acceptors (Lipinski definition) is 4. The van der Waals surface area contributed by atoms with Gasteiger partial charge in [-0.05, 0) is 49.7 Å². The number of anilines is 1. The van der Waals surface area contributed by atoms with Crippen molar-refractivity contribution in [1.29, 1.82) is 0 Å². The number of rotatable bonds is 7. The molecule has 28 heavy (non-hydrogen) atoms. The molecule has 0 saturated heterocycles. The lowest BCUT2D eigenvalue weighted by molar-refractivity contribution is -0.141. The van der Waals surface area contributed by atoms with Crippen molar-refractivity contribution in [2.75, 3.05) is 18.1 Å². The molecule has 148 valence electrons. The first-order chi connectivity index (χ1) is 13.2. The third-order valence-electron chi connectivity index (χ3n) is 4.48. The average Bonchev–Trinajstić information content (AvgIpc) is 2.81. The van der Waals surface area contributed by atoms with E-state index in [9.17, 15) is 14.7 Å². The van der Waals surface area contributed by atoms with Crippen molar-refractivity contribution in [1.82, 2.24) is 0 Å². The Kier molecular flexibility index (Phi) is 6.34. The van der Waals surface area contributed by atoms with E-state index in [1.165, 1.54) is 11.8 Å². The Bertz CT molecular complexity index is 936. The number of halogens is 3. The first-order valence-electron chi connectivity index (χ1n) is 8.64. The van der Waals surface area contributed by atoms with Gasteiger partial charge in [-0.2, -0.15) is 0 Å². The van der Waals surface area contributed by atoms with E-state index in [0.29, 0.717) is 46.6 Å². The molecule has 1 atom stereocenters. The van der Waals surface area contributed by atoms with Crippen molar-refractivity contribution in [3.05, 3.63) is 56.5 Å². The molecule has 1 heterocycles. The lowest BCUT2D eigenvalue weighted by atomic mass is 9.90. The predicted octanol–water partition coefficient (Wildman–Crippen LogP) is 4.74. The molecule has 1 amide bonds. The van der Waals surface area contributed by atoms with Crippen LogP contribution in [0.15, 0.2) is 40.9 Å². The van der Waals surface area contributed by atoms with Gasteiger partial charge < -0.3 is 14.7 Å². The van der Waals surface area contributed by atoms with Crippen molar-refractivity contribution in [2.45, 2.75) is 25.4 Å². The second-order valence-corrected chi connectivity index (χ2v) is 8.39. The summed E-state index contributed by atoms with van der Waals surface area (Å²) in [4.78, 5) is 26.1. The van der Waals surface area contributed by atoms with Crippen LogP contribution in [0.5, 0.6) is 5.75 Å². The maximum atomic E-state index is 12.9. The van der Waals surface area contributed by atoms with Crippen molar-refractivity contribution in [3.63, 3.8) is 0 Å². The minimum atomic E-state index is -1.84. The summed E-state index contributed by atoms with van der Waals surface area (Å²) in [5.74, 6) is -0.249. The molecule has 0 radical (unpaired) electrons. The molecule has 1 aliphatic rings. The van der Waals surface area contributed by atoms with Gasteiger partial charge in [-0.25, -0.2) is 0 Å². The molecule has 0 saturated carbocycles. The van der Waals surface area contributed by atoms with Crippen LogP contribution in [0.25, 0.3) is 0 Å². The van der Waals surface area contributed by atoms with Crippen LogP contribution in [0.4, 0.5) is 5.69 Å². The summed E-state index contributed by atoms with van der Waals surface area (Å²) in [5.41, 5.74) is -0.809. The van der Waals surface area contributed by atoms with E-state index in [1.54, 1.807) is 36.4 Å². The zero-order chi connectivity index (χ0) is 20.5. The molecule has 0 spiro atoms. The predicted molar refractivity (Wildman–Crippen MR) is 112 cm³/mol. The second kappa shape index (κ2) is 8.41. The molecular formula is C20H18BrCl2NO4. The number of benzene rings is 2. The summed E-state index contributed by atoms with van der Waals surface area (Å²) in [5, 5.41) is 11.9. The van der Waals surface area contributed by atoms with Crippen molar-refractivity contribution >= 4 is 56.5 Å². The molecule has 2 aromatic rings. The molecule has 0 bridgehead atoms. The van der Waals surface area contributed by atoms with Crippen LogP contribution in [0.3, 0.4) is 0 Å². The van der Waals surface area contributed by atoms with Crippen molar-refractivity contribution in [3.8, 4) is 5.75 Å². The fraction of sp³-hybridized carbons (Fsp3) is 0.300. The first-order valence-corrected chi connectivity index (χ1v) is 10.2. The molecule has 1 N–H and O–H groups in total. The molecule has 2 aromatic carbocycles. The standard InChI is InChI=1S/C20H18BrCl2NO4/c1-12(25)11-20(27)15-9-13(21)3-5-17(15)24(19(20)26)7-2-8-28-18-6-4-14(22)10-16(18)23/h3-6,9-10,27H,2,7-8,11H2,1H3. The number of nitrogens with zero attached hydrogens (tertiary/aromatic N) is 1. The number of fused-ring (bicyclic) bond motifs is 1. The molecule has 1 unspecified atom stereocenters. The number of aliphatic hydroxyl groups is 1. The summed E-state index contributed by atoms with van der Waals surface area (Å²) in [6.45, 7) is 2.01. The van der Waals surface area contributed by atoms with E-state index in [4.69, 9.17) is 27.9 Å². The van der Waals surface area contributed by atoms with E-state index in [1.807, 2.05) is 0 Å². The van der Waals surface area contributed by atoms with Gasteiger partial charge in [0.15, 0.2) is 5.60 Å². The highest BCUT2D eigenvalue weighted by Gasteiger charge is 2.50. The zero-order valence-corrected chi connectivity index (χ0v) is 18.1. The van der Waals surface area contributed by atoms with Crippen molar-refractivity contribution < 1.29 is 19.4 Å². The number of Topliss-reactive ketones (excluding diaryl/α,β-unsaturated/α-hetero) is 1. The summed E-state index contributed by atoms with van der Waals surface area (Å²) < 4.78 is 6.38. The monoisotopic (exact) mass is 485 g/mol. The molecule has 1 aliphatic heterocycles. The van der Waals surface area contributed by atoms with Gasteiger partial charge in [0.2, 0.25) is 0 Å². The first kappa shape index (κ1) is 21.1. The molecule has 8 heteroatoms. The maximum absolute atomic E-state index is 12.9. The minimum absolute atomic E-state index is 0.260. The van der Waals surface area contributed by atoms with Gasteiger partial charge in [-0.3, -0.25) is 9.59 Å². The van der Waals surface area contributed by atoms with Crippen LogP contribution in [0.1, 0.15) is 25.3 Å². The van der Waals surface area contributed by atoms with Gasteiger partial charge in [-0.15, -0.1) is 0 Å². The maximum Gasteiger partial charge on any atom is 0.264 e. The normalized spacial score (nSPS) is 18.3. The van der Waals surface area contributed by atoms with Gasteiger partial charge in [0, 0.05) is 28.0 Å². The van der Waals surface area contributed by atoms with Crippen LogP contribution in [0.2, 0.25) is 10.0 Å². The Hall–Kier alpha value is -1.60. The van der Waals surface area contributed by atoms with Crippen LogP contribution in [-0.2, 0) is 15.2 Å². The van der Waals surface area contributed by atoms with Crippen molar-refractivity contribution in [2.24, 2.45) is 0 Å². The van der Waals surface area contributed by atoms with Gasteiger partial charge in [0.05, 0.1) is 17.3 Å². The van der Waals surface area contributed by atoms with E-state index >= 15 is 0 Å². The molecular weight excluding hydrogens is 469 g/mol. The van der Waals surface area contributed by atoms with Crippen LogP contribution in [0, 0.1) is 0 Å². The van der Waals surface area contributed by atoms with Gasteiger partial charge >= 0.3 is 0 Å². The van der Waals surface area contributed by atoms with E-state index in [2.05, 4.69) is 15.9 Å².